The lowest BCUT2D eigenvalue weighted by Gasteiger charge is -2.25. The van der Waals surface area contributed by atoms with Crippen molar-refractivity contribution in [3.63, 3.8) is 0 Å². The Bertz CT molecular complexity index is 890. The molecule has 1 amide bonds. The summed E-state index contributed by atoms with van der Waals surface area (Å²) in [5.41, 5.74) is 0.976. The summed E-state index contributed by atoms with van der Waals surface area (Å²) in [6.45, 7) is 6.28. The molecule has 0 bridgehead atoms. The van der Waals surface area contributed by atoms with Crippen molar-refractivity contribution >= 4 is 5.91 Å². The van der Waals surface area contributed by atoms with Crippen LogP contribution in [0.1, 0.15) is 31.4 Å². The fourth-order valence-electron chi connectivity index (χ4n) is 4.05. The third-order valence-corrected chi connectivity index (χ3v) is 5.55. The van der Waals surface area contributed by atoms with Crippen molar-refractivity contribution in [2.24, 2.45) is 5.92 Å². The van der Waals surface area contributed by atoms with Gasteiger partial charge in [0.25, 0.3) is 0 Å². The summed E-state index contributed by atoms with van der Waals surface area (Å²) >= 11 is 0. The van der Waals surface area contributed by atoms with E-state index in [9.17, 15) is 18.0 Å². The first kappa shape index (κ1) is 23.3. The molecule has 2 aromatic carbocycles. The maximum absolute atomic E-state index is 13.9. The molecule has 2 N–H and O–H groups in total. The van der Waals surface area contributed by atoms with Crippen LogP contribution in [0.2, 0.25) is 0 Å². The predicted molar refractivity (Wildman–Crippen MR) is 115 cm³/mol. The molecule has 0 saturated carbocycles. The fourth-order valence-corrected chi connectivity index (χ4v) is 4.05. The van der Waals surface area contributed by atoms with Crippen LogP contribution in [0.5, 0.6) is 0 Å². The molecule has 0 radical (unpaired) electrons. The first-order chi connectivity index (χ1) is 14.8. The van der Waals surface area contributed by atoms with Gasteiger partial charge in [-0.2, -0.15) is 0 Å². The average molecular weight is 434 g/mol. The van der Waals surface area contributed by atoms with Gasteiger partial charge >= 0.3 is 0 Å². The molecule has 1 aliphatic heterocycles. The lowest BCUT2D eigenvalue weighted by Crippen LogP contribution is -2.45. The molecule has 1 aliphatic rings. The summed E-state index contributed by atoms with van der Waals surface area (Å²) in [5, 5.41) is 6.24. The standard InChI is InChI=1S/C24H30F3N3O/c1-16(2)14-30-15-20(29-13-18-7-8-19(25)11-22(18)27)12-23(30)24(31)28-10-9-17-5-3-4-6-21(17)26/h3-8,11,16,20,23,29H,9-10,12-15H2,1-2H3,(H,28,31)/t20-,23+/m1/s1. The Kier molecular flexibility index (Phi) is 8.09. The molecule has 0 aliphatic carbocycles. The maximum atomic E-state index is 13.9. The number of amides is 1. The number of rotatable bonds is 9. The molecule has 2 aromatic rings. The largest absolute Gasteiger partial charge is 0.354 e. The molecule has 2 atom stereocenters. The predicted octanol–water partition coefficient (Wildman–Crippen LogP) is 3.65. The van der Waals surface area contributed by atoms with Crippen LogP contribution in [-0.4, -0.2) is 42.5 Å². The second-order valence-electron chi connectivity index (χ2n) is 8.55. The highest BCUT2D eigenvalue weighted by atomic mass is 19.1. The smallest absolute Gasteiger partial charge is 0.237 e. The second kappa shape index (κ2) is 10.8. The van der Waals surface area contributed by atoms with Gasteiger partial charge < -0.3 is 10.6 Å². The topological polar surface area (TPSA) is 44.4 Å². The molecule has 31 heavy (non-hydrogen) atoms. The summed E-state index contributed by atoms with van der Waals surface area (Å²) < 4.78 is 40.8. The highest BCUT2D eigenvalue weighted by Gasteiger charge is 2.36. The second-order valence-corrected chi connectivity index (χ2v) is 8.55. The maximum Gasteiger partial charge on any atom is 0.237 e. The number of carbonyl (C=O) groups is 1. The highest BCUT2D eigenvalue weighted by molar-refractivity contribution is 5.82. The summed E-state index contributed by atoms with van der Waals surface area (Å²) in [4.78, 5) is 15.0. The summed E-state index contributed by atoms with van der Waals surface area (Å²) in [7, 11) is 0. The number of nitrogens with zero attached hydrogens (tertiary/aromatic N) is 1. The molecule has 0 aromatic heterocycles. The first-order valence-corrected chi connectivity index (χ1v) is 10.8. The van der Waals surface area contributed by atoms with Gasteiger partial charge in [-0.15, -0.1) is 0 Å². The zero-order chi connectivity index (χ0) is 22.4. The molecule has 0 spiro atoms. The number of likely N-dealkylation sites (tertiary alicyclic amines) is 1. The van der Waals surface area contributed by atoms with E-state index < -0.39 is 11.6 Å². The van der Waals surface area contributed by atoms with Crippen molar-refractivity contribution in [2.75, 3.05) is 19.6 Å². The van der Waals surface area contributed by atoms with Crippen LogP contribution < -0.4 is 10.6 Å². The zero-order valence-corrected chi connectivity index (χ0v) is 18.0. The minimum absolute atomic E-state index is 0.0190. The molecule has 0 unspecified atom stereocenters. The van der Waals surface area contributed by atoms with Gasteiger partial charge in [0.1, 0.15) is 17.5 Å². The Labute approximate surface area is 181 Å². The van der Waals surface area contributed by atoms with Crippen molar-refractivity contribution in [1.29, 1.82) is 0 Å². The van der Waals surface area contributed by atoms with Crippen LogP contribution in [0.25, 0.3) is 0 Å². The lowest BCUT2D eigenvalue weighted by atomic mass is 10.1. The van der Waals surface area contributed by atoms with Crippen molar-refractivity contribution in [2.45, 2.75) is 45.3 Å². The van der Waals surface area contributed by atoms with E-state index in [2.05, 4.69) is 29.4 Å². The lowest BCUT2D eigenvalue weighted by molar-refractivity contribution is -0.125. The molecule has 3 rings (SSSR count). The van der Waals surface area contributed by atoms with Gasteiger partial charge in [0.05, 0.1) is 6.04 Å². The van der Waals surface area contributed by atoms with Crippen LogP contribution in [0.15, 0.2) is 42.5 Å². The Morgan fingerprint density at radius 3 is 2.58 bits per heavy atom. The first-order valence-electron chi connectivity index (χ1n) is 10.8. The summed E-state index contributed by atoms with van der Waals surface area (Å²) in [6, 6.07) is 9.84. The van der Waals surface area contributed by atoms with Crippen molar-refractivity contribution < 1.29 is 18.0 Å². The fraction of sp³-hybridized carbons (Fsp3) is 0.458. The average Bonchev–Trinajstić information content (AvgIpc) is 3.10. The van der Waals surface area contributed by atoms with E-state index in [1.807, 2.05) is 0 Å². The molecular weight excluding hydrogens is 403 g/mol. The SMILES string of the molecule is CC(C)CN1C[C@H](NCc2ccc(F)cc2F)C[C@H]1C(=O)NCCc1ccccc1F. The van der Waals surface area contributed by atoms with Gasteiger partial charge in [-0.05, 0) is 36.5 Å². The van der Waals surface area contributed by atoms with Crippen LogP contribution in [-0.2, 0) is 17.8 Å². The normalized spacial score (nSPS) is 19.2. The van der Waals surface area contributed by atoms with E-state index in [1.54, 1.807) is 18.2 Å². The molecule has 4 nitrogen and oxygen atoms in total. The van der Waals surface area contributed by atoms with Gasteiger partial charge in [-0.3, -0.25) is 9.69 Å². The van der Waals surface area contributed by atoms with E-state index in [1.165, 1.54) is 18.2 Å². The van der Waals surface area contributed by atoms with Crippen LogP contribution in [0.4, 0.5) is 13.2 Å². The Morgan fingerprint density at radius 1 is 1.10 bits per heavy atom. The van der Waals surface area contributed by atoms with E-state index in [0.29, 0.717) is 43.0 Å². The van der Waals surface area contributed by atoms with Crippen LogP contribution in [0.3, 0.4) is 0 Å². The molecule has 168 valence electrons. The van der Waals surface area contributed by atoms with Gasteiger partial charge in [0, 0.05) is 43.9 Å². The number of carbonyl (C=O) groups excluding carboxylic acids is 1. The quantitative estimate of drug-likeness (QED) is 0.635. The van der Waals surface area contributed by atoms with Gasteiger partial charge in [0.15, 0.2) is 0 Å². The van der Waals surface area contributed by atoms with Crippen molar-refractivity contribution in [1.82, 2.24) is 15.5 Å². The molecule has 1 fully saturated rings. The van der Waals surface area contributed by atoms with Crippen molar-refractivity contribution in [3.8, 4) is 0 Å². The molecule has 1 heterocycles. The van der Waals surface area contributed by atoms with Crippen molar-refractivity contribution in [3.05, 3.63) is 71.0 Å². The van der Waals surface area contributed by atoms with E-state index in [0.717, 1.165) is 12.6 Å². The number of hydrogen-bond acceptors (Lipinski definition) is 3. The number of hydrogen-bond donors (Lipinski definition) is 2. The highest BCUT2D eigenvalue weighted by Crippen LogP contribution is 2.21. The molecule has 7 heteroatoms. The van der Waals surface area contributed by atoms with Crippen LogP contribution >= 0.6 is 0 Å². The number of nitrogens with one attached hydrogen (secondary N) is 2. The van der Waals surface area contributed by atoms with Crippen LogP contribution in [0, 0.1) is 23.4 Å². The molecule has 1 saturated heterocycles. The number of benzene rings is 2. The van der Waals surface area contributed by atoms with Gasteiger partial charge in [-0.1, -0.05) is 38.1 Å². The van der Waals surface area contributed by atoms with E-state index in [4.69, 9.17) is 0 Å². The zero-order valence-electron chi connectivity index (χ0n) is 18.0. The third kappa shape index (κ3) is 6.55. The third-order valence-electron chi connectivity index (χ3n) is 5.55. The Balaban J connectivity index is 1.55. The minimum atomic E-state index is -0.600. The Hall–Kier alpha value is -2.38. The monoisotopic (exact) mass is 433 g/mol. The van der Waals surface area contributed by atoms with E-state index >= 15 is 0 Å². The Morgan fingerprint density at radius 2 is 1.87 bits per heavy atom. The van der Waals surface area contributed by atoms with Gasteiger partial charge in [0.2, 0.25) is 5.91 Å². The number of halogens is 3. The molecular formula is C24H30F3N3O. The summed E-state index contributed by atoms with van der Waals surface area (Å²) in [6.07, 6.45) is 1.03. The van der Waals surface area contributed by atoms with Gasteiger partial charge in [-0.25, -0.2) is 13.2 Å². The van der Waals surface area contributed by atoms with E-state index in [-0.39, 0.29) is 30.4 Å². The summed E-state index contributed by atoms with van der Waals surface area (Å²) in [5.74, 6) is -1.13. The minimum Gasteiger partial charge on any atom is -0.354 e.